The number of thioether (sulfide) groups is 1. The highest BCUT2D eigenvalue weighted by Crippen LogP contribution is 2.30. The highest BCUT2D eigenvalue weighted by atomic mass is 35.5. The summed E-state index contributed by atoms with van der Waals surface area (Å²) in [6, 6.07) is 13.8. The minimum Gasteiger partial charge on any atom is -0.325 e. The van der Waals surface area contributed by atoms with Crippen molar-refractivity contribution in [2.45, 2.75) is 44.4 Å². The first-order valence-corrected chi connectivity index (χ1v) is 10.3. The molecule has 0 saturated heterocycles. The lowest BCUT2D eigenvalue weighted by atomic mass is 10.1. The van der Waals surface area contributed by atoms with Crippen molar-refractivity contribution in [3.8, 4) is 0 Å². The third-order valence-electron chi connectivity index (χ3n) is 4.61. The number of fused-ring (bicyclic) bond motifs is 1. The van der Waals surface area contributed by atoms with Crippen molar-refractivity contribution < 1.29 is 4.79 Å². The summed E-state index contributed by atoms with van der Waals surface area (Å²) < 4.78 is 0. The number of carbonyl (C=O) groups is 1. The minimum atomic E-state index is -0.225. The Hall–Kier alpha value is -2.04. The molecule has 3 rings (SSSR count). The Morgan fingerprint density at radius 1 is 1.11 bits per heavy atom. The third kappa shape index (κ3) is 4.45. The molecule has 1 N–H and O–H groups in total. The van der Waals surface area contributed by atoms with E-state index in [0.29, 0.717) is 11.4 Å². The van der Waals surface area contributed by atoms with Gasteiger partial charge in [-0.3, -0.25) is 4.79 Å². The number of para-hydroxylation sites is 1. The molecular weight excluding hydrogens is 376 g/mol. The molecular formula is C22H23ClN2OS. The van der Waals surface area contributed by atoms with Gasteiger partial charge in [-0.25, -0.2) is 4.98 Å². The van der Waals surface area contributed by atoms with Gasteiger partial charge in [-0.2, -0.15) is 0 Å². The number of anilines is 1. The summed E-state index contributed by atoms with van der Waals surface area (Å²) in [5.74, 6) is -0.0304. The number of amides is 1. The van der Waals surface area contributed by atoms with Gasteiger partial charge < -0.3 is 5.32 Å². The smallest absolute Gasteiger partial charge is 0.237 e. The number of pyridine rings is 1. The summed E-state index contributed by atoms with van der Waals surface area (Å²) in [6.07, 6.45) is 0.711. The Kier molecular flexibility index (Phi) is 6.08. The van der Waals surface area contributed by atoms with Crippen molar-refractivity contribution in [2.24, 2.45) is 0 Å². The van der Waals surface area contributed by atoms with E-state index in [9.17, 15) is 4.79 Å². The lowest BCUT2D eigenvalue weighted by Gasteiger charge is -2.16. The van der Waals surface area contributed by atoms with Crippen molar-refractivity contribution in [3.05, 3.63) is 64.2 Å². The average molecular weight is 399 g/mol. The third-order valence-corrected chi connectivity index (χ3v) is 6.13. The predicted octanol–water partition coefficient (Wildman–Crippen LogP) is 6.32. The van der Waals surface area contributed by atoms with Crippen LogP contribution in [0, 0.1) is 20.8 Å². The van der Waals surface area contributed by atoms with Crippen molar-refractivity contribution in [1.82, 2.24) is 4.98 Å². The fourth-order valence-corrected chi connectivity index (χ4v) is 4.19. The van der Waals surface area contributed by atoms with Gasteiger partial charge >= 0.3 is 0 Å². The van der Waals surface area contributed by atoms with Gasteiger partial charge in [0, 0.05) is 16.1 Å². The van der Waals surface area contributed by atoms with Crippen LogP contribution < -0.4 is 5.32 Å². The first-order valence-electron chi connectivity index (χ1n) is 8.99. The van der Waals surface area contributed by atoms with E-state index in [-0.39, 0.29) is 11.2 Å². The van der Waals surface area contributed by atoms with E-state index in [1.807, 2.05) is 26.0 Å². The largest absolute Gasteiger partial charge is 0.325 e. The number of nitrogens with one attached hydrogen (secondary N) is 1. The topological polar surface area (TPSA) is 42.0 Å². The first kappa shape index (κ1) is 19.7. The standard InChI is InChI=1S/C22H23ClN2OS/c1-5-19(22(26)24-18-12-16(23)10-9-13(18)2)27-20-11-15(4)17-8-6-7-14(3)21(17)25-20/h6-12,19H,5H2,1-4H3,(H,24,26). The summed E-state index contributed by atoms with van der Waals surface area (Å²) in [7, 11) is 0. The molecule has 0 aliphatic carbocycles. The van der Waals surface area contributed by atoms with E-state index in [1.54, 1.807) is 6.07 Å². The average Bonchev–Trinajstić information content (AvgIpc) is 2.63. The molecule has 27 heavy (non-hydrogen) atoms. The van der Waals surface area contributed by atoms with Gasteiger partial charge in [-0.15, -0.1) is 0 Å². The van der Waals surface area contributed by atoms with Crippen LogP contribution in [0.15, 0.2) is 47.5 Å². The maximum Gasteiger partial charge on any atom is 0.237 e. The summed E-state index contributed by atoms with van der Waals surface area (Å²) in [5.41, 5.74) is 5.06. The molecule has 0 spiro atoms. The molecule has 3 nitrogen and oxygen atoms in total. The maximum absolute atomic E-state index is 12.8. The van der Waals surface area contributed by atoms with Crippen LogP contribution in [0.2, 0.25) is 5.02 Å². The Bertz CT molecular complexity index is 1000. The fraction of sp³-hybridized carbons (Fsp3) is 0.273. The maximum atomic E-state index is 12.8. The summed E-state index contributed by atoms with van der Waals surface area (Å²) in [5, 5.41) is 5.43. The molecule has 2 aromatic carbocycles. The van der Waals surface area contributed by atoms with Crippen LogP contribution in [-0.2, 0) is 4.79 Å². The molecule has 3 aromatic rings. The zero-order valence-electron chi connectivity index (χ0n) is 16.0. The molecule has 0 aliphatic heterocycles. The predicted molar refractivity (Wildman–Crippen MR) is 116 cm³/mol. The second kappa shape index (κ2) is 8.32. The van der Waals surface area contributed by atoms with Crippen molar-refractivity contribution in [1.29, 1.82) is 0 Å². The molecule has 1 heterocycles. The van der Waals surface area contributed by atoms with Gasteiger partial charge in [-0.05, 0) is 62.1 Å². The second-order valence-corrected chi connectivity index (χ2v) is 8.37. The lowest BCUT2D eigenvalue weighted by Crippen LogP contribution is -2.25. The number of hydrogen-bond acceptors (Lipinski definition) is 3. The van der Waals surface area contributed by atoms with Gasteiger partial charge in [0.25, 0.3) is 0 Å². The van der Waals surface area contributed by atoms with Crippen molar-refractivity contribution in [3.63, 3.8) is 0 Å². The number of carbonyl (C=O) groups excluding carboxylic acids is 1. The number of benzene rings is 2. The van der Waals surface area contributed by atoms with Gasteiger partial charge in [0.05, 0.1) is 15.8 Å². The molecule has 1 aromatic heterocycles. The number of hydrogen-bond donors (Lipinski definition) is 1. The van der Waals surface area contributed by atoms with Crippen LogP contribution in [0.3, 0.4) is 0 Å². The van der Waals surface area contributed by atoms with Crippen LogP contribution in [0.5, 0.6) is 0 Å². The zero-order valence-corrected chi connectivity index (χ0v) is 17.5. The van der Waals surface area contributed by atoms with E-state index in [2.05, 4.69) is 43.4 Å². The first-order chi connectivity index (χ1) is 12.9. The fourth-order valence-electron chi connectivity index (χ4n) is 3.00. The van der Waals surface area contributed by atoms with Crippen LogP contribution in [0.4, 0.5) is 5.69 Å². The normalized spacial score (nSPS) is 12.2. The Morgan fingerprint density at radius 3 is 2.63 bits per heavy atom. The van der Waals surface area contributed by atoms with Crippen LogP contribution in [0.1, 0.15) is 30.0 Å². The van der Waals surface area contributed by atoms with Gasteiger partial charge in [0.1, 0.15) is 0 Å². The highest BCUT2D eigenvalue weighted by Gasteiger charge is 2.20. The van der Waals surface area contributed by atoms with Crippen molar-refractivity contribution >= 4 is 45.9 Å². The van der Waals surface area contributed by atoms with Crippen molar-refractivity contribution in [2.75, 3.05) is 5.32 Å². The number of rotatable bonds is 5. The Morgan fingerprint density at radius 2 is 1.89 bits per heavy atom. The monoisotopic (exact) mass is 398 g/mol. The van der Waals surface area contributed by atoms with Crippen LogP contribution in [0.25, 0.3) is 10.9 Å². The number of nitrogens with zero attached hydrogens (tertiary/aromatic N) is 1. The molecule has 0 aliphatic rings. The zero-order chi connectivity index (χ0) is 19.6. The van der Waals surface area contributed by atoms with E-state index in [0.717, 1.165) is 32.7 Å². The van der Waals surface area contributed by atoms with Crippen LogP contribution in [-0.4, -0.2) is 16.1 Å². The van der Waals surface area contributed by atoms with E-state index in [4.69, 9.17) is 16.6 Å². The highest BCUT2D eigenvalue weighted by molar-refractivity contribution is 8.00. The van der Waals surface area contributed by atoms with Gasteiger partial charge in [-0.1, -0.05) is 54.6 Å². The summed E-state index contributed by atoms with van der Waals surface area (Å²) in [6.45, 7) is 8.12. The molecule has 5 heteroatoms. The molecule has 1 atom stereocenters. The molecule has 0 fully saturated rings. The molecule has 140 valence electrons. The number of halogens is 1. The van der Waals surface area contributed by atoms with E-state index >= 15 is 0 Å². The number of aromatic nitrogens is 1. The summed E-state index contributed by atoms with van der Waals surface area (Å²) in [4.78, 5) is 17.6. The Labute approximate surface area is 169 Å². The van der Waals surface area contributed by atoms with Gasteiger partial charge in [0.15, 0.2) is 0 Å². The lowest BCUT2D eigenvalue weighted by molar-refractivity contribution is -0.115. The molecule has 0 radical (unpaired) electrons. The van der Waals surface area contributed by atoms with Gasteiger partial charge in [0.2, 0.25) is 5.91 Å². The summed E-state index contributed by atoms with van der Waals surface area (Å²) >= 11 is 7.57. The molecule has 1 unspecified atom stereocenters. The SMILES string of the molecule is CCC(Sc1cc(C)c2cccc(C)c2n1)C(=O)Nc1cc(Cl)ccc1C. The Balaban J connectivity index is 1.84. The molecule has 1 amide bonds. The quantitative estimate of drug-likeness (QED) is 0.511. The molecule has 0 bridgehead atoms. The number of aryl methyl sites for hydroxylation is 3. The second-order valence-electron chi connectivity index (χ2n) is 6.71. The molecule has 0 saturated carbocycles. The van der Waals surface area contributed by atoms with Crippen LogP contribution >= 0.6 is 23.4 Å². The minimum absolute atomic E-state index is 0.0304. The van der Waals surface area contributed by atoms with E-state index in [1.165, 1.54) is 17.3 Å². The van der Waals surface area contributed by atoms with E-state index < -0.39 is 0 Å².